The van der Waals surface area contributed by atoms with Crippen LogP contribution in [0.4, 0.5) is 5.69 Å². The van der Waals surface area contributed by atoms with Gasteiger partial charge in [0.25, 0.3) is 5.91 Å². The Morgan fingerprint density at radius 1 is 1.18 bits per heavy atom. The molecule has 0 bridgehead atoms. The summed E-state index contributed by atoms with van der Waals surface area (Å²) in [6.45, 7) is 6.34. The molecular weight excluding hydrogens is 350 g/mol. The van der Waals surface area contributed by atoms with Gasteiger partial charge in [0, 0.05) is 62.0 Å². The zero-order chi connectivity index (χ0) is 19.6. The molecule has 1 aliphatic heterocycles. The zero-order valence-corrected chi connectivity index (χ0v) is 16.5. The van der Waals surface area contributed by atoms with E-state index in [1.165, 1.54) is 12.8 Å². The van der Waals surface area contributed by atoms with Crippen LogP contribution >= 0.6 is 0 Å². The van der Waals surface area contributed by atoms with Crippen molar-refractivity contribution in [3.05, 3.63) is 48.2 Å². The molecule has 2 aliphatic rings. The standard InChI is InChI=1S/C22H29N5O/c1-26-10-12-27(13-11-26)16-22(7-8-22)15-25-21(28)18-5-2-4-17(14-18)20-19(23)6-3-9-24-20/h2-6,9,14H,7-8,10-13,15-16,23H2,1H3,(H,25,28). The molecule has 1 aromatic carbocycles. The monoisotopic (exact) mass is 379 g/mol. The molecule has 6 heteroatoms. The zero-order valence-electron chi connectivity index (χ0n) is 16.5. The highest BCUT2D eigenvalue weighted by Crippen LogP contribution is 2.45. The first-order valence-electron chi connectivity index (χ1n) is 10.0. The van der Waals surface area contributed by atoms with Gasteiger partial charge >= 0.3 is 0 Å². The number of piperazine rings is 1. The predicted molar refractivity (Wildman–Crippen MR) is 112 cm³/mol. The summed E-state index contributed by atoms with van der Waals surface area (Å²) in [7, 11) is 2.18. The van der Waals surface area contributed by atoms with E-state index in [2.05, 4.69) is 27.1 Å². The molecule has 0 atom stereocenters. The van der Waals surface area contributed by atoms with E-state index >= 15 is 0 Å². The fourth-order valence-electron chi connectivity index (χ4n) is 3.88. The lowest BCUT2D eigenvalue weighted by Crippen LogP contribution is -2.47. The first-order chi connectivity index (χ1) is 13.5. The minimum Gasteiger partial charge on any atom is -0.397 e. The molecule has 2 aromatic rings. The van der Waals surface area contributed by atoms with Crippen molar-refractivity contribution in [2.24, 2.45) is 5.41 Å². The number of nitrogen functional groups attached to an aromatic ring is 1. The average Bonchev–Trinajstić information content (AvgIpc) is 3.48. The Kier molecular flexibility index (Phi) is 5.33. The van der Waals surface area contributed by atoms with Crippen molar-refractivity contribution >= 4 is 11.6 Å². The number of hydrogen-bond acceptors (Lipinski definition) is 5. The quantitative estimate of drug-likeness (QED) is 0.804. The number of nitrogens with zero attached hydrogens (tertiary/aromatic N) is 3. The minimum absolute atomic E-state index is 0.0268. The van der Waals surface area contributed by atoms with E-state index in [0.717, 1.165) is 44.8 Å². The second-order valence-electron chi connectivity index (χ2n) is 8.28. The van der Waals surface area contributed by atoms with E-state index in [9.17, 15) is 4.79 Å². The SMILES string of the molecule is CN1CCN(CC2(CNC(=O)c3cccc(-c4ncccc4N)c3)CC2)CC1. The average molecular weight is 380 g/mol. The van der Waals surface area contributed by atoms with Gasteiger partial charge in [0.05, 0.1) is 11.4 Å². The third-order valence-electron chi connectivity index (χ3n) is 5.97. The number of benzene rings is 1. The summed E-state index contributed by atoms with van der Waals surface area (Å²) >= 11 is 0. The Bertz CT molecular complexity index is 840. The number of pyridine rings is 1. The number of hydrogen-bond donors (Lipinski definition) is 2. The molecule has 2 heterocycles. The van der Waals surface area contributed by atoms with E-state index in [4.69, 9.17) is 5.73 Å². The van der Waals surface area contributed by atoms with Gasteiger partial charge in [-0.25, -0.2) is 0 Å². The summed E-state index contributed by atoms with van der Waals surface area (Å²) in [6.07, 6.45) is 4.11. The molecule has 148 valence electrons. The first kappa shape index (κ1) is 18.9. The number of nitrogens with one attached hydrogen (secondary N) is 1. The molecule has 0 unspecified atom stereocenters. The van der Waals surface area contributed by atoms with Crippen LogP contribution in [0, 0.1) is 5.41 Å². The Balaban J connectivity index is 1.37. The maximum atomic E-state index is 12.7. The maximum absolute atomic E-state index is 12.7. The topological polar surface area (TPSA) is 74.5 Å². The van der Waals surface area contributed by atoms with Gasteiger partial charge in [-0.2, -0.15) is 0 Å². The summed E-state index contributed by atoms with van der Waals surface area (Å²) in [5.74, 6) is -0.0268. The highest BCUT2D eigenvalue weighted by Gasteiger charge is 2.44. The third-order valence-corrected chi connectivity index (χ3v) is 5.97. The molecule has 3 N–H and O–H groups in total. The number of amides is 1. The fraction of sp³-hybridized carbons (Fsp3) is 0.455. The molecule has 4 rings (SSSR count). The summed E-state index contributed by atoms with van der Waals surface area (Å²) in [4.78, 5) is 22.0. The summed E-state index contributed by atoms with van der Waals surface area (Å²) in [5, 5.41) is 3.17. The van der Waals surface area contributed by atoms with Gasteiger partial charge in [0.2, 0.25) is 0 Å². The number of rotatable bonds is 6. The molecule has 0 radical (unpaired) electrons. The Labute approximate surface area is 166 Å². The van der Waals surface area contributed by atoms with Crippen LogP contribution < -0.4 is 11.1 Å². The Hall–Kier alpha value is -2.44. The van der Waals surface area contributed by atoms with Gasteiger partial charge in [-0.15, -0.1) is 0 Å². The van der Waals surface area contributed by atoms with Crippen LogP contribution in [-0.4, -0.2) is 67.0 Å². The van der Waals surface area contributed by atoms with Crippen LogP contribution in [0.3, 0.4) is 0 Å². The van der Waals surface area contributed by atoms with Gasteiger partial charge in [-0.3, -0.25) is 9.78 Å². The lowest BCUT2D eigenvalue weighted by Gasteiger charge is -2.34. The van der Waals surface area contributed by atoms with Crippen molar-refractivity contribution in [3.8, 4) is 11.3 Å². The fourth-order valence-corrected chi connectivity index (χ4v) is 3.88. The molecule has 1 aliphatic carbocycles. The Morgan fingerprint density at radius 3 is 2.68 bits per heavy atom. The van der Waals surface area contributed by atoms with Gasteiger partial charge < -0.3 is 20.9 Å². The smallest absolute Gasteiger partial charge is 0.251 e. The summed E-state index contributed by atoms with van der Waals surface area (Å²) in [5.41, 5.74) is 9.13. The molecule has 1 aromatic heterocycles. The largest absolute Gasteiger partial charge is 0.397 e. The number of aromatic nitrogens is 1. The predicted octanol–water partition coefficient (Wildman–Crippen LogP) is 2.09. The number of likely N-dealkylation sites (N-methyl/N-ethyl adjacent to an activating group) is 1. The second kappa shape index (κ2) is 7.89. The minimum atomic E-state index is -0.0268. The Morgan fingerprint density at radius 2 is 1.96 bits per heavy atom. The van der Waals surface area contributed by atoms with Crippen LogP contribution in [0.15, 0.2) is 42.6 Å². The van der Waals surface area contributed by atoms with Gasteiger partial charge in [0.1, 0.15) is 0 Å². The van der Waals surface area contributed by atoms with E-state index in [1.54, 1.807) is 6.20 Å². The lowest BCUT2D eigenvalue weighted by atomic mass is 10.0. The van der Waals surface area contributed by atoms with Crippen molar-refractivity contribution in [2.45, 2.75) is 12.8 Å². The highest BCUT2D eigenvalue weighted by molar-refractivity contribution is 5.95. The molecular formula is C22H29N5O. The molecule has 0 spiro atoms. The summed E-state index contributed by atoms with van der Waals surface area (Å²) in [6, 6.07) is 11.2. The number of carbonyl (C=O) groups excluding carboxylic acids is 1. The molecule has 28 heavy (non-hydrogen) atoms. The number of carbonyl (C=O) groups is 1. The van der Waals surface area contributed by atoms with E-state index < -0.39 is 0 Å². The van der Waals surface area contributed by atoms with Gasteiger partial charge in [0.15, 0.2) is 0 Å². The van der Waals surface area contributed by atoms with Gasteiger partial charge in [-0.05, 0) is 44.2 Å². The molecule has 1 saturated heterocycles. The van der Waals surface area contributed by atoms with E-state index in [1.807, 2.05) is 36.4 Å². The summed E-state index contributed by atoms with van der Waals surface area (Å²) < 4.78 is 0. The maximum Gasteiger partial charge on any atom is 0.251 e. The molecule has 1 amide bonds. The van der Waals surface area contributed by atoms with Crippen LogP contribution in [-0.2, 0) is 0 Å². The van der Waals surface area contributed by atoms with Crippen LogP contribution in [0.5, 0.6) is 0 Å². The van der Waals surface area contributed by atoms with Crippen molar-refractivity contribution in [1.29, 1.82) is 0 Å². The molecule has 6 nitrogen and oxygen atoms in total. The number of nitrogens with two attached hydrogens (primary N) is 1. The lowest BCUT2D eigenvalue weighted by molar-refractivity contribution is 0.0927. The van der Waals surface area contributed by atoms with E-state index in [-0.39, 0.29) is 11.3 Å². The van der Waals surface area contributed by atoms with Crippen molar-refractivity contribution < 1.29 is 4.79 Å². The number of anilines is 1. The van der Waals surface area contributed by atoms with Crippen LogP contribution in [0.1, 0.15) is 23.2 Å². The highest BCUT2D eigenvalue weighted by atomic mass is 16.1. The molecule has 2 fully saturated rings. The van der Waals surface area contributed by atoms with Crippen molar-refractivity contribution in [2.75, 3.05) is 52.0 Å². The first-order valence-corrected chi connectivity index (χ1v) is 10.0. The van der Waals surface area contributed by atoms with Crippen LogP contribution in [0.25, 0.3) is 11.3 Å². The third kappa shape index (κ3) is 4.34. The molecule has 1 saturated carbocycles. The van der Waals surface area contributed by atoms with Gasteiger partial charge in [-0.1, -0.05) is 12.1 Å². The van der Waals surface area contributed by atoms with Crippen molar-refractivity contribution in [3.63, 3.8) is 0 Å². The van der Waals surface area contributed by atoms with E-state index in [0.29, 0.717) is 16.9 Å². The normalized spacial score (nSPS) is 19.3. The van der Waals surface area contributed by atoms with Crippen LogP contribution in [0.2, 0.25) is 0 Å². The van der Waals surface area contributed by atoms with Crippen molar-refractivity contribution in [1.82, 2.24) is 20.1 Å². The second-order valence-corrected chi connectivity index (χ2v) is 8.28.